The zero-order valence-electron chi connectivity index (χ0n) is 13.3. The third kappa shape index (κ3) is 3.65. The van der Waals surface area contributed by atoms with E-state index in [9.17, 15) is 14.9 Å². The van der Waals surface area contributed by atoms with E-state index in [2.05, 4.69) is 21.2 Å². The summed E-state index contributed by atoms with van der Waals surface area (Å²) in [6.07, 6.45) is 0. The molecular formula is C16H15BrN2O5. The molecule has 7 nitrogen and oxygen atoms in total. The van der Waals surface area contributed by atoms with Crippen molar-refractivity contribution in [2.45, 2.75) is 6.92 Å². The number of aryl methyl sites for hydroxylation is 1. The van der Waals surface area contributed by atoms with Gasteiger partial charge in [0.2, 0.25) is 0 Å². The molecule has 2 aromatic carbocycles. The zero-order chi connectivity index (χ0) is 17.9. The van der Waals surface area contributed by atoms with Gasteiger partial charge >= 0.3 is 0 Å². The Kier molecular flexibility index (Phi) is 5.40. The lowest BCUT2D eigenvalue weighted by atomic mass is 10.1. The van der Waals surface area contributed by atoms with Crippen molar-refractivity contribution in [3.63, 3.8) is 0 Å². The molecular weight excluding hydrogens is 380 g/mol. The maximum absolute atomic E-state index is 12.5. The van der Waals surface area contributed by atoms with E-state index in [4.69, 9.17) is 9.47 Å². The number of rotatable bonds is 5. The zero-order valence-corrected chi connectivity index (χ0v) is 14.8. The molecule has 0 heterocycles. The molecule has 0 unspecified atom stereocenters. The van der Waals surface area contributed by atoms with Gasteiger partial charge in [0, 0.05) is 17.7 Å². The van der Waals surface area contributed by atoms with Crippen LogP contribution < -0.4 is 14.8 Å². The van der Waals surface area contributed by atoms with Gasteiger partial charge in [0.25, 0.3) is 11.6 Å². The van der Waals surface area contributed by atoms with Crippen LogP contribution in [0.2, 0.25) is 0 Å². The summed E-state index contributed by atoms with van der Waals surface area (Å²) >= 11 is 3.33. The highest BCUT2D eigenvalue weighted by molar-refractivity contribution is 9.10. The number of nitro groups is 1. The van der Waals surface area contributed by atoms with E-state index in [1.165, 1.54) is 26.4 Å². The largest absolute Gasteiger partial charge is 0.495 e. The van der Waals surface area contributed by atoms with Crippen molar-refractivity contribution in [1.82, 2.24) is 0 Å². The standard InChI is InChI=1S/C16H15BrN2O5/c1-9-4-5-11(19(21)22)8-12(9)18-16(20)10-6-13(23-2)15(17)14(7-10)24-3/h4-8H,1-3H3,(H,18,20). The number of anilines is 1. The summed E-state index contributed by atoms with van der Waals surface area (Å²) in [5.41, 5.74) is 1.29. The fraction of sp³-hybridized carbons (Fsp3) is 0.188. The van der Waals surface area contributed by atoms with Crippen LogP contribution in [0, 0.1) is 17.0 Å². The minimum Gasteiger partial charge on any atom is -0.495 e. The average molecular weight is 395 g/mol. The second-order valence-electron chi connectivity index (χ2n) is 4.91. The van der Waals surface area contributed by atoms with E-state index >= 15 is 0 Å². The molecule has 0 aliphatic rings. The van der Waals surface area contributed by atoms with Gasteiger partial charge in [-0.05, 0) is 40.5 Å². The molecule has 24 heavy (non-hydrogen) atoms. The van der Waals surface area contributed by atoms with Crippen molar-refractivity contribution in [2.24, 2.45) is 0 Å². The molecule has 0 atom stereocenters. The molecule has 1 N–H and O–H groups in total. The van der Waals surface area contributed by atoms with Gasteiger partial charge in [-0.15, -0.1) is 0 Å². The number of hydrogen-bond donors (Lipinski definition) is 1. The quantitative estimate of drug-likeness (QED) is 0.612. The highest BCUT2D eigenvalue weighted by Gasteiger charge is 2.16. The van der Waals surface area contributed by atoms with Crippen LogP contribution in [0.1, 0.15) is 15.9 Å². The molecule has 0 saturated heterocycles. The van der Waals surface area contributed by atoms with Crippen LogP contribution in [0.25, 0.3) is 0 Å². The predicted octanol–water partition coefficient (Wildman–Crippen LogP) is 3.94. The fourth-order valence-corrected chi connectivity index (χ4v) is 2.61. The van der Waals surface area contributed by atoms with Gasteiger partial charge in [-0.2, -0.15) is 0 Å². The molecule has 0 radical (unpaired) electrons. The number of carbonyl (C=O) groups is 1. The highest BCUT2D eigenvalue weighted by atomic mass is 79.9. The first-order chi connectivity index (χ1) is 11.4. The SMILES string of the molecule is COc1cc(C(=O)Nc2cc([N+](=O)[O-])ccc2C)cc(OC)c1Br. The number of carbonyl (C=O) groups excluding carboxylic acids is 1. The van der Waals surface area contributed by atoms with Crippen molar-refractivity contribution in [2.75, 3.05) is 19.5 Å². The first-order valence-electron chi connectivity index (χ1n) is 6.85. The first-order valence-corrected chi connectivity index (χ1v) is 7.64. The van der Waals surface area contributed by atoms with Gasteiger partial charge in [-0.1, -0.05) is 6.07 Å². The Bertz CT molecular complexity index is 782. The normalized spacial score (nSPS) is 10.2. The predicted molar refractivity (Wildman–Crippen MR) is 93.0 cm³/mol. The van der Waals surface area contributed by atoms with Crippen LogP contribution in [0.15, 0.2) is 34.8 Å². The lowest BCUT2D eigenvalue weighted by Gasteiger charge is -2.12. The average Bonchev–Trinajstić information content (AvgIpc) is 2.56. The second-order valence-corrected chi connectivity index (χ2v) is 5.70. The van der Waals surface area contributed by atoms with Crippen molar-refractivity contribution in [3.8, 4) is 11.5 Å². The highest BCUT2D eigenvalue weighted by Crippen LogP contribution is 2.36. The van der Waals surface area contributed by atoms with Crippen molar-refractivity contribution in [1.29, 1.82) is 0 Å². The van der Waals surface area contributed by atoms with Crippen LogP contribution in [0.3, 0.4) is 0 Å². The fourth-order valence-electron chi connectivity index (χ4n) is 2.05. The van der Waals surface area contributed by atoms with E-state index in [1.54, 1.807) is 25.1 Å². The molecule has 2 aromatic rings. The van der Waals surface area contributed by atoms with Crippen LogP contribution in [0.5, 0.6) is 11.5 Å². The monoisotopic (exact) mass is 394 g/mol. The van der Waals surface area contributed by atoms with Gasteiger partial charge in [0.1, 0.15) is 16.0 Å². The van der Waals surface area contributed by atoms with E-state index in [1.807, 2.05) is 0 Å². The molecule has 0 bridgehead atoms. The molecule has 0 saturated carbocycles. The van der Waals surface area contributed by atoms with Crippen molar-refractivity contribution >= 4 is 33.2 Å². The third-order valence-electron chi connectivity index (χ3n) is 3.39. The van der Waals surface area contributed by atoms with Crippen LogP contribution in [-0.4, -0.2) is 25.1 Å². The Morgan fingerprint density at radius 1 is 1.17 bits per heavy atom. The summed E-state index contributed by atoms with van der Waals surface area (Å²) in [4.78, 5) is 22.9. The second kappa shape index (κ2) is 7.31. The molecule has 1 amide bonds. The number of benzene rings is 2. The molecule has 0 aromatic heterocycles. The summed E-state index contributed by atoms with van der Waals surface area (Å²) in [5.74, 6) is 0.452. The Morgan fingerprint density at radius 3 is 2.25 bits per heavy atom. The molecule has 8 heteroatoms. The molecule has 0 spiro atoms. The van der Waals surface area contributed by atoms with Crippen LogP contribution >= 0.6 is 15.9 Å². The Hall–Kier alpha value is -2.61. The number of non-ortho nitro benzene ring substituents is 1. The maximum Gasteiger partial charge on any atom is 0.271 e. The lowest BCUT2D eigenvalue weighted by molar-refractivity contribution is -0.384. The van der Waals surface area contributed by atoms with Crippen LogP contribution in [0.4, 0.5) is 11.4 Å². The summed E-state index contributed by atoms with van der Waals surface area (Å²) < 4.78 is 11.0. The number of nitro benzene ring substituents is 1. The Morgan fingerprint density at radius 2 is 1.75 bits per heavy atom. The molecule has 0 aliphatic carbocycles. The number of halogens is 1. The summed E-state index contributed by atoms with van der Waals surface area (Å²) in [6.45, 7) is 1.75. The number of amides is 1. The van der Waals surface area contributed by atoms with E-state index in [-0.39, 0.29) is 5.69 Å². The number of nitrogens with one attached hydrogen (secondary N) is 1. The van der Waals surface area contributed by atoms with E-state index < -0.39 is 10.8 Å². The van der Waals surface area contributed by atoms with Gasteiger partial charge in [-0.25, -0.2) is 0 Å². The molecule has 0 aliphatic heterocycles. The smallest absolute Gasteiger partial charge is 0.271 e. The van der Waals surface area contributed by atoms with Gasteiger partial charge in [-0.3, -0.25) is 14.9 Å². The Balaban J connectivity index is 2.37. The Labute approximate surface area is 146 Å². The minimum absolute atomic E-state index is 0.0955. The van der Waals surface area contributed by atoms with Gasteiger partial charge in [0.15, 0.2) is 0 Å². The lowest BCUT2D eigenvalue weighted by Crippen LogP contribution is -2.13. The van der Waals surface area contributed by atoms with Gasteiger partial charge < -0.3 is 14.8 Å². The molecule has 0 fully saturated rings. The molecule has 126 valence electrons. The van der Waals surface area contributed by atoms with Crippen molar-refractivity contribution in [3.05, 3.63) is 56.0 Å². The first kappa shape index (κ1) is 17.7. The molecule has 2 rings (SSSR count). The number of nitrogens with zero attached hydrogens (tertiary/aromatic N) is 1. The number of ether oxygens (including phenoxy) is 2. The van der Waals surface area contributed by atoms with Crippen molar-refractivity contribution < 1.29 is 19.2 Å². The number of hydrogen-bond acceptors (Lipinski definition) is 5. The van der Waals surface area contributed by atoms with Gasteiger partial charge in [0.05, 0.1) is 24.8 Å². The summed E-state index contributed by atoms with van der Waals surface area (Å²) in [5, 5.41) is 13.6. The maximum atomic E-state index is 12.5. The number of methoxy groups -OCH3 is 2. The van der Waals surface area contributed by atoms with E-state index in [0.29, 0.717) is 32.8 Å². The summed E-state index contributed by atoms with van der Waals surface area (Å²) in [6, 6.07) is 7.39. The third-order valence-corrected chi connectivity index (χ3v) is 4.17. The minimum atomic E-state index is -0.513. The van der Waals surface area contributed by atoms with E-state index in [0.717, 1.165) is 0 Å². The topological polar surface area (TPSA) is 90.7 Å². The summed E-state index contributed by atoms with van der Waals surface area (Å²) in [7, 11) is 2.96. The van der Waals surface area contributed by atoms with Crippen LogP contribution in [-0.2, 0) is 0 Å².